The Labute approximate surface area is 167 Å². The van der Waals surface area contributed by atoms with E-state index in [1.54, 1.807) is 12.1 Å². The van der Waals surface area contributed by atoms with E-state index in [9.17, 15) is 9.50 Å². The van der Waals surface area contributed by atoms with Crippen molar-refractivity contribution in [3.63, 3.8) is 0 Å². The van der Waals surface area contributed by atoms with E-state index in [1.807, 2.05) is 13.0 Å². The summed E-state index contributed by atoms with van der Waals surface area (Å²) in [5.74, 6) is 1.19. The molecule has 28 heavy (non-hydrogen) atoms. The fourth-order valence-corrected chi connectivity index (χ4v) is 3.42. The lowest BCUT2D eigenvalue weighted by molar-refractivity contribution is 0.0368. The Bertz CT molecular complexity index is 639. The number of nitrogens with one attached hydrogen (secondary N) is 2. The van der Waals surface area contributed by atoms with Crippen molar-refractivity contribution < 1.29 is 14.2 Å². The van der Waals surface area contributed by atoms with Gasteiger partial charge in [0, 0.05) is 38.0 Å². The first-order chi connectivity index (χ1) is 13.6. The van der Waals surface area contributed by atoms with Crippen molar-refractivity contribution in [3.05, 3.63) is 30.1 Å². The molecule has 0 radical (unpaired) electrons. The van der Waals surface area contributed by atoms with Crippen LogP contribution in [0.3, 0.4) is 0 Å². The molecule has 3 rings (SSSR count). The van der Waals surface area contributed by atoms with E-state index in [-0.39, 0.29) is 11.9 Å². The van der Waals surface area contributed by atoms with E-state index in [0.717, 1.165) is 44.8 Å². The van der Waals surface area contributed by atoms with Crippen LogP contribution in [-0.4, -0.2) is 62.6 Å². The number of benzene rings is 1. The van der Waals surface area contributed by atoms with Crippen molar-refractivity contribution >= 4 is 11.6 Å². The van der Waals surface area contributed by atoms with Gasteiger partial charge in [-0.25, -0.2) is 4.39 Å². The molecule has 0 spiro atoms. The summed E-state index contributed by atoms with van der Waals surface area (Å²) in [6, 6.07) is 6.97. The molecule has 0 bridgehead atoms. The Morgan fingerprint density at radius 1 is 1.39 bits per heavy atom. The molecule has 7 heteroatoms. The van der Waals surface area contributed by atoms with Crippen LogP contribution in [0, 0.1) is 11.7 Å². The number of aliphatic hydroxyl groups excluding tert-OH is 1. The summed E-state index contributed by atoms with van der Waals surface area (Å²) < 4.78 is 19.1. The molecule has 2 unspecified atom stereocenters. The maximum Gasteiger partial charge on any atom is 0.191 e. The first-order valence-electron chi connectivity index (χ1n) is 10.4. The minimum Gasteiger partial charge on any atom is -0.389 e. The Kier molecular flexibility index (Phi) is 7.91. The van der Waals surface area contributed by atoms with Gasteiger partial charge in [-0.3, -0.25) is 4.99 Å². The zero-order valence-electron chi connectivity index (χ0n) is 16.7. The fourth-order valence-electron chi connectivity index (χ4n) is 3.42. The Morgan fingerprint density at radius 2 is 2.25 bits per heavy atom. The van der Waals surface area contributed by atoms with Crippen molar-refractivity contribution in [3.8, 4) is 0 Å². The van der Waals surface area contributed by atoms with Crippen LogP contribution in [0.1, 0.15) is 32.6 Å². The SMILES string of the molecule is CCNC(=NCC(O)COCC1CC1)NC1CCCN(c2cccc(F)c2)C1. The monoisotopic (exact) mass is 392 g/mol. The molecule has 1 aromatic carbocycles. The maximum atomic E-state index is 13.5. The number of hydrogen-bond donors (Lipinski definition) is 3. The number of hydrogen-bond acceptors (Lipinski definition) is 4. The molecule has 6 nitrogen and oxygen atoms in total. The molecule has 0 amide bonds. The summed E-state index contributed by atoms with van der Waals surface area (Å²) in [5.41, 5.74) is 0.914. The van der Waals surface area contributed by atoms with E-state index in [2.05, 4.69) is 20.5 Å². The van der Waals surface area contributed by atoms with Crippen LogP contribution in [-0.2, 0) is 4.74 Å². The second-order valence-electron chi connectivity index (χ2n) is 7.76. The van der Waals surface area contributed by atoms with E-state index in [0.29, 0.717) is 25.0 Å². The highest BCUT2D eigenvalue weighted by molar-refractivity contribution is 5.80. The van der Waals surface area contributed by atoms with Gasteiger partial charge >= 0.3 is 0 Å². The van der Waals surface area contributed by atoms with Crippen LogP contribution >= 0.6 is 0 Å². The molecule has 1 aliphatic heterocycles. The quantitative estimate of drug-likeness (QED) is 0.444. The molecule has 1 saturated carbocycles. The average Bonchev–Trinajstić information content (AvgIpc) is 3.51. The predicted octanol–water partition coefficient (Wildman–Crippen LogP) is 2.14. The Balaban J connectivity index is 1.49. The number of ether oxygens (including phenoxy) is 1. The fraction of sp³-hybridized carbons (Fsp3) is 0.667. The summed E-state index contributed by atoms with van der Waals surface area (Å²) in [6.07, 6.45) is 3.96. The first-order valence-corrected chi connectivity index (χ1v) is 10.4. The van der Waals surface area contributed by atoms with Gasteiger partial charge in [-0.05, 0) is 56.7 Å². The van der Waals surface area contributed by atoms with Crippen LogP contribution in [0.15, 0.2) is 29.3 Å². The normalized spacial score (nSPS) is 21.5. The highest BCUT2D eigenvalue weighted by Gasteiger charge is 2.22. The first kappa shape index (κ1) is 20.9. The van der Waals surface area contributed by atoms with Crippen LogP contribution in [0.25, 0.3) is 0 Å². The van der Waals surface area contributed by atoms with Crippen molar-refractivity contribution in [1.82, 2.24) is 10.6 Å². The van der Waals surface area contributed by atoms with Gasteiger partial charge < -0.3 is 25.4 Å². The third kappa shape index (κ3) is 6.95. The van der Waals surface area contributed by atoms with Gasteiger partial charge in [-0.1, -0.05) is 6.07 Å². The lowest BCUT2D eigenvalue weighted by atomic mass is 10.0. The van der Waals surface area contributed by atoms with Gasteiger partial charge in [0.25, 0.3) is 0 Å². The van der Waals surface area contributed by atoms with Crippen molar-refractivity contribution in [2.24, 2.45) is 10.9 Å². The van der Waals surface area contributed by atoms with Crippen LogP contribution in [0.5, 0.6) is 0 Å². The minimum atomic E-state index is -0.593. The molecule has 1 heterocycles. The summed E-state index contributed by atoms with van der Waals surface area (Å²) in [7, 11) is 0. The number of aliphatic imine (C=N–C) groups is 1. The molecule has 0 aromatic heterocycles. The lowest BCUT2D eigenvalue weighted by Crippen LogP contribution is -2.51. The number of aliphatic hydroxyl groups is 1. The Morgan fingerprint density at radius 3 is 3.00 bits per heavy atom. The van der Waals surface area contributed by atoms with E-state index in [4.69, 9.17) is 4.74 Å². The molecule has 2 fully saturated rings. The number of guanidine groups is 1. The van der Waals surface area contributed by atoms with Gasteiger partial charge in [0.15, 0.2) is 5.96 Å². The molecular weight excluding hydrogens is 359 g/mol. The second-order valence-corrected chi connectivity index (χ2v) is 7.76. The molecular formula is C21H33FN4O2. The third-order valence-electron chi connectivity index (χ3n) is 5.10. The molecule has 1 aliphatic carbocycles. The van der Waals surface area contributed by atoms with E-state index in [1.165, 1.54) is 18.9 Å². The summed E-state index contributed by atoms with van der Waals surface area (Å²) >= 11 is 0. The minimum absolute atomic E-state index is 0.208. The number of piperidine rings is 1. The predicted molar refractivity (Wildman–Crippen MR) is 110 cm³/mol. The standard InChI is InChI=1S/C21H33FN4O2/c1-2-23-21(24-12-20(27)15-28-14-16-8-9-16)25-18-6-4-10-26(13-18)19-7-3-5-17(22)11-19/h3,5,7,11,16,18,20,27H,2,4,6,8-10,12-15H2,1H3,(H2,23,24,25). The summed E-state index contributed by atoms with van der Waals surface area (Å²) in [5, 5.41) is 16.8. The molecule has 1 aromatic rings. The second kappa shape index (κ2) is 10.6. The zero-order valence-corrected chi connectivity index (χ0v) is 16.7. The van der Waals surface area contributed by atoms with Crippen LogP contribution in [0.2, 0.25) is 0 Å². The van der Waals surface area contributed by atoms with Crippen molar-refractivity contribution in [2.45, 2.75) is 44.8 Å². The van der Waals surface area contributed by atoms with Gasteiger partial charge in [0.05, 0.1) is 19.3 Å². The topological polar surface area (TPSA) is 69.1 Å². The Hall–Kier alpha value is -1.86. The van der Waals surface area contributed by atoms with Crippen molar-refractivity contribution in [2.75, 3.05) is 44.3 Å². The molecule has 2 atom stereocenters. The smallest absolute Gasteiger partial charge is 0.191 e. The van der Waals surface area contributed by atoms with E-state index >= 15 is 0 Å². The molecule has 3 N–H and O–H groups in total. The highest BCUT2D eigenvalue weighted by atomic mass is 19.1. The van der Waals surface area contributed by atoms with Gasteiger partial charge in [-0.15, -0.1) is 0 Å². The number of rotatable bonds is 9. The summed E-state index contributed by atoms with van der Waals surface area (Å²) in [6.45, 7) is 5.87. The average molecular weight is 393 g/mol. The van der Waals surface area contributed by atoms with E-state index < -0.39 is 6.10 Å². The summed E-state index contributed by atoms with van der Waals surface area (Å²) in [4.78, 5) is 6.72. The lowest BCUT2D eigenvalue weighted by Gasteiger charge is -2.35. The van der Waals surface area contributed by atoms with Crippen LogP contribution in [0.4, 0.5) is 10.1 Å². The van der Waals surface area contributed by atoms with Gasteiger partial charge in [-0.2, -0.15) is 0 Å². The van der Waals surface area contributed by atoms with Gasteiger partial charge in [0.2, 0.25) is 0 Å². The number of anilines is 1. The molecule has 156 valence electrons. The number of halogens is 1. The number of nitrogens with zero attached hydrogens (tertiary/aromatic N) is 2. The zero-order chi connectivity index (χ0) is 19.8. The largest absolute Gasteiger partial charge is 0.389 e. The van der Waals surface area contributed by atoms with Gasteiger partial charge in [0.1, 0.15) is 5.82 Å². The molecule has 2 aliphatic rings. The third-order valence-corrected chi connectivity index (χ3v) is 5.10. The van der Waals surface area contributed by atoms with Crippen LogP contribution < -0.4 is 15.5 Å². The maximum absolute atomic E-state index is 13.5. The highest BCUT2D eigenvalue weighted by Crippen LogP contribution is 2.28. The van der Waals surface area contributed by atoms with Crippen molar-refractivity contribution in [1.29, 1.82) is 0 Å². The molecule has 1 saturated heterocycles.